The molecule has 5 heteroatoms. The van der Waals surface area contributed by atoms with Gasteiger partial charge in [0, 0.05) is 4.90 Å². The highest BCUT2D eigenvalue weighted by Gasteiger charge is 2.18. The fourth-order valence-electron chi connectivity index (χ4n) is 0.957. The molecule has 0 heterocycles. The van der Waals surface area contributed by atoms with Gasteiger partial charge in [0.1, 0.15) is 5.78 Å². The first-order chi connectivity index (χ1) is 6.93. The molecule has 2 atom stereocenters. The largest absolute Gasteiger partial charge is 0.299 e. The summed E-state index contributed by atoms with van der Waals surface area (Å²) in [7, 11) is -1.63. The molecule has 0 fully saturated rings. The van der Waals surface area contributed by atoms with E-state index in [1.807, 2.05) is 0 Å². The smallest absolute Gasteiger partial charge is 0.160 e. The summed E-state index contributed by atoms with van der Waals surface area (Å²) in [6, 6.07) is 2.97. The maximum Gasteiger partial charge on any atom is 0.160 e. The van der Waals surface area contributed by atoms with Crippen LogP contribution in [0.2, 0.25) is 0 Å². The van der Waals surface area contributed by atoms with Crippen LogP contribution in [0.3, 0.4) is 0 Å². The Labute approximate surface area is 88.8 Å². The number of hydrogen-bond donors (Lipinski definition) is 0. The summed E-state index contributed by atoms with van der Waals surface area (Å²) < 4.78 is 37.0. The lowest BCUT2D eigenvalue weighted by Crippen LogP contribution is -2.19. The minimum absolute atomic E-state index is 0.122. The maximum absolute atomic E-state index is 12.8. The molecule has 0 aliphatic rings. The Bertz CT molecular complexity index is 418. The van der Waals surface area contributed by atoms with Crippen molar-refractivity contribution in [2.24, 2.45) is 0 Å². The Kier molecular flexibility index (Phi) is 3.68. The van der Waals surface area contributed by atoms with Crippen molar-refractivity contribution in [1.29, 1.82) is 0 Å². The Morgan fingerprint density at radius 2 is 1.93 bits per heavy atom. The number of benzene rings is 1. The molecule has 15 heavy (non-hydrogen) atoms. The summed E-state index contributed by atoms with van der Waals surface area (Å²) in [5.41, 5.74) is 0. The molecule has 0 amide bonds. The Morgan fingerprint density at radius 3 is 2.40 bits per heavy atom. The van der Waals surface area contributed by atoms with Crippen molar-refractivity contribution in [3.63, 3.8) is 0 Å². The fraction of sp³-hybridized carbons (Fsp3) is 0.300. The van der Waals surface area contributed by atoms with E-state index in [1.54, 1.807) is 0 Å². The molecule has 0 spiro atoms. The number of rotatable bonds is 3. The third kappa shape index (κ3) is 2.68. The van der Waals surface area contributed by atoms with Gasteiger partial charge in [0.05, 0.1) is 16.0 Å². The summed E-state index contributed by atoms with van der Waals surface area (Å²) in [5, 5.41) is -0.713. The van der Waals surface area contributed by atoms with Crippen LogP contribution in [0.4, 0.5) is 8.78 Å². The quantitative estimate of drug-likeness (QED) is 0.799. The third-order valence-electron chi connectivity index (χ3n) is 2.02. The van der Waals surface area contributed by atoms with Gasteiger partial charge in [-0.05, 0) is 32.0 Å². The van der Waals surface area contributed by atoms with E-state index in [0.717, 1.165) is 12.1 Å². The van der Waals surface area contributed by atoms with Crippen LogP contribution in [0.15, 0.2) is 23.1 Å². The molecule has 1 aromatic carbocycles. The van der Waals surface area contributed by atoms with Crippen molar-refractivity contribution in [2.75, 3.05) is 0 Å². The maximum atomic E-state index is 12.8. The molecular formula is C10H10F2O2S. The van der Waals surface area contributed by atoms with E-state index in [2.05, 4.69) is 0 Å². The zero-order valence-corrected chi connectivity index (χ0v) is 9.11. The van der Waals surface area contributed by atoms with Gasteiger partial charge in [-0.15, -0.1) is 0 Å². The van der Waals surface area contributed by atoms with Gasteiger partial charge in [0.2, 0.25) is 0 Å². The summed E-state index contributed by atoms with van der Waals surface area (Å²) in [6.45, 7) is 2.79. The standard InChI is InChI=1S/C10H10F2O2S/c1-6(13)7(2)15(14)8-3-4-9(11)10(12)5-8/h3-5,7H,1-2H3. The van der Waals surface area contributed by atoms with E-state index in [0.29, 0.717) is 0 Å². The minimum Gasteiger partial charge on any atom is -0.299 e. The van der Waals surface area contributed by atoms with Crippen molar-refractivity contribution in [3.05, 3.63) is 29.8 Å². The van der Waals surface area contributed by atoms with Crippen molar-refractivity contribution in [3.8, 4) is 0 Å². The molecule has 2 nitrogen and oxygen atoms in total. The molecule has 1 rings (SSSR count). The Hall–Kier alpha value is -1.10. The molecule has 2 unspecified atom stereocenters. The summed E-state index contributed by atoms with van der Waals surface area (Å²) in [4.78, 5) is 11.1. The molecule has 0 N–H and O–H groups in total. The zero-order valence-electron chi connectivity index (χ0n) is 8.29. The highest BCUT2D eigenvalue weighted by Crippen LogP contribution is 2.15. The van der Waals surface area contributed by atoms with Gasteiger partial charge in [0.15, 0.2) is 11.6 Å². The van der Waals surface area contributed by atoms with E-state index in [-0.39, 0.29) is 10.7 Å². The molecule has 0 aliphatic carbocycles. The van der Waals surface area contributed by atoms with Crippen LogP contribution in [0.1, 0.15) is 13.8 Å². The molecule has 82 valence electrons. The van der Waals surface area contributed by atoms with Crippen molar-refractivity contribution < 1.29 is 17.8 Å². The number of ketones is 1. The molecule has 0 saturated carbocycles. The highest BCUT2D eigenvalue weighted by atomic mass is 32.2. The zero-order chi connectivity index (χ0) is 11.6. The highest BCUT2D eigenvalue weighted by molar-refractivity contribution is 7.86. The van der Waals surface area contributed by atoms with Gasteiger partial charge >= 0.3 is 0 Å². The number of carbonyl (C=O) groups is 1. The van der Waals surface area contributed by atoms with Crippen LogP contribution in [0, 0.1) is 11.6 Å². The number of Topliss-reactive ketones (excluding diaryl/α,β-unsaturated/α-hetero) is 1. The first kappa shape index (κ1) is 12.0. The summed E-state index contributed by atoms with van der Waals surface area (Å²) >= 11 is 0. The first-order valence-corrected chi connectivity index (χ1v) is 5.51. The van der Waals surface area contributed by atoms with E-state index in [9.17, 15) is 17.8 Å². The second-order valence-electron chi connectivity index (χ2n) is 3.13. The lowest BCUT2D eigenvalue weighted by Gasteiger charge is -2.07. The predicted octanol–water partition coefficient (Wildman–Crippen LogP) is 2.05. The van der Waals surface area contributed by atoms with E-state index in [4.69, 9.17) is 0 Å². The predicted molar refractivity (Wildman–Crippen MR) is 52.9 cm³/mol. The van der Waals surface area contributed by atoms with Crippen LogP contribution in [-0.2, 0) is 15.6 Å². The van der Waals surface area contributed by atoms with Gasteiger partial charge < -0.3 is 0 Å². The number of hydrogen-bond acceptors (Lipinski definition) is 2. The molecule has 0 aliphatic heterocycles. The second-order valence-corrected chi connectivity index (χ2v) is 4.90. The first-order valence-electron chi connectivity index (χ1n) is 4.29. The van der Waals surface area contributed by atoms with E-state index >= 15 is 0 Å². The molecule has 0 aromatic heterocycles. The molecular weight excluding hydrogens is 222 g/mol. The van der Waals surface area contributed by atoms with Gasteiger partial charge in [-0.25, -0.2) is 8.78 Å². The van der Waals surface area contributed by atoms with Crippen molar-refractivity contribution >= 4 is 16.6 Å². The van der Waals surface area contributed by atoms with Crippen LogP contribution in [0.25, 0.3) is 0 Å². The Balaban J connectivity index is 3.02. The average Bonchev–Trinajstić information content (AvgIpc) is 2.19. The monoisotopic (exact) mass is 232 g/mol. The van der Waals surface area contributed by atoms with Gasteiger partial charge in [0.25, 0.3) is 0 Å². The van der Waals surface area contributed by atoms with Crippen LogP contribution >= 0.6 is 0 Å². The topological polar surface area (TPSA) is 34.1 Å². The summed E-state index contributed by atoms with van der Waals surface area (Å²) in [5.74, 6) is -2.30. The van der Waals surface area contributed by atoms with E-state index in [1.165, 1.54) is 19.9 Å². The van der Waals surface area contributed by atoms with Crippen LogP contribution < -0.4 is 0 Å². The van der Waals surface area contributed by atoms with Crippen molar-refractivity contribution in [2.45, 2.75) is 24.0 Å². The van der Waals surface area contributed by atoms with Crippen LogP contribution in [-0.4, -0.2) is 15.2 Å². The number of carbonyl (C=O) groups excluding carboxylic acids is 1. The normalized spacial score (nSPS) is 14.7. The lowest BCUT2D eigenvalue weighted by molar-refractivity contribution is -0.116. The van der Waals surface area contributed by atoms with Gasteiger partial charge in [-0.3, -0.25) is 9.00 Å². The third-order valence-corrected chi connectivity index (χ3v) is 3.71. The molecule has 1 aromatic rings. The number of halogens is 2. The second kappa shape index (κ2) is 4.61. The molecule has 0 saturated heterocycles. The van der Waals surface area contributed by atoms with Crippen LogP contribution in [0.5, 0.6) is 0 Å². The fourth-order valence-corrected chi connectivity index (χ4v) is 2.09. The van der Waals surface area contributed by atoms with Crippen molar-refractivity contribution in [1.82, 2.24) is 0 Å². The van der Waals surface area contributed by atoms with Gasteiger partial charge in [-0.2, -0.15) is 0 Å². The Morgan fingerprint density at radius 1 is 1.33 bits per heavy atom. The SMILES string of the molecule is CC(=O)C(C)S(=O)c1ccc(F)c(F)c1. The van der Waals surface area contributed by atoms with E-state index < -0.39 is 27.7 Å². The lowest BCUT2D eigenvalue weighted by atomic mass is 10.3. The molecule has 0 radical (unpaired) electrons. The summed E-state index contributed by atoms with van der Waals surface area (Å²) in [6.07, 6.45) is 0. The average molecular weight is 232 g/mol. The minimum atomic E-state index is -1.63. The molecule has 0 bridgehead atoms. The van der Waals surface area contributed by atoms with Gasteiger partial charge in [-0.1, -0.05) is 0 Å².